The fourth-order valence-corrected chi connectivity index (χ4v) is 0.859. The van der Waals surface area contributed by atoms with Gasteiger partial charge in [-0.05, 0) is 12.8 Å². The lowest BCUT2D eigenvalue weighted by atomic mass is 10.2. The van der Waals surface area contributed by atoms with E-state index >= 15 is 0 Å². The third kappa shape index (κ3) is 0.797. The van der Waals surface area contributed by atoms with Gasteiger partial charge in [-0.2, -0.15) is 5.26 Å². The minimum absolute atomic E-state index is 0.429. The van der Waals surface area contributed by atoms with Gasteiger partial charge < -0.3 is 0 Å². The van der Waals surface area contributed by atoms with Gasteiger partial charge >= 0.3 is 0 Å². The monoisotopic (exact) mass is 114 g/mol. The highest BCUT2D eigenvalue weighted by Gasteiger charge is 2.23. The average Bonchev–Trinajstić information content (AvgIpc) is 2.14. The molecule has 1 heterocycles. The molecule has 1 aliphatic heterocycles. The minimum atomic E-state index is -0.463. The standard InChI is InChI=1S/C5H7FN2/c6-8-3-1-2-5(8)4-7/h5H,1-3H2. The van der Waals surface area contributed by atoms with Gasteiger partial charge in [-0.15, -0.1) is 9.60 Å². The van der Waals surface area contributed by atoms with Crippen molar-refractivity contribution in [2.75, 3.05) is 6.54 Å². The zero-order chi connectivity index (χ0) is 5.98. The lowest BCUT2D eigenvalue weighted by Gasteiger charge is -2.03. The van der Waals surface area contributed by atoms with Crippen LogP contribution in [0.3, 0.4) is 0 Å². The van der Waals surface area contributed by atoms with Crippen LogP contribution in [0.15, 0.2) is 0 Å². The molecule has 0 radical (unpaired) electrons. The number of hydrogen-bond acceptors (Lipinski definition) is 2. The molecule has 44 valence electrons. The third-order valence-electron chi connectivity index (χ3n) is 1.34. The molecule has 0 aromatic carbocycles. The SMILES string of the molecule is N#CC1CCCN1F. The van der Waals surface area contributed by atoms with Crippen molar-refractivity contribution in [1.29, 1.82) is 5.26 Å². The van der Waals surface area contributed by atoms with Crippen molar-refractivity contribution in [3.05, 3.63) is 0 Å². The van der Waals surface area contributed by atoms with Gasteiger partial charge in [0.2, 0.25) is 0 Å². The van der Waals surface area contributed by atoms with Gasteiger partial charge in [0.15, 0.2) is 0 Å². The van der Waals surface area contributed by atoms with E-state index in [9.17, 15) is 4.48 Å². The van der Waals surface area contributed by atoms with Crippen molar-refractivity contribution in [1.82, 2.24) is 5.12 Å². The Balaban J connectivity index is 2.45. The summed E-state index contributed by atoms with van der Waals surface area (Å²) in [6, 6.07) is 1.40. The van der Waals surface area contributed by atoms with Gasteiger partial charge in [-0.1, -0.05) is 0 Å². The summed E-state index contributed by atoms with van der Waals surface area (Å²) in [6.45, 7) is 0.429. The molecule has 8 heavy (non-hydrogen) atoms. The summed E-state index contributed by atoms with van der Waals surface area (Å²) >= 11 is 0. The van der Waals surface area contributed by atoms with E-state index in [4.69, 9.17) is 5.26 Å². The molecule has 0 aromatic heterocycles. The number of nitriles is 1. The fourth-order valence-electron chi connectivity index (χ4n) is 0.859. The van der Waals surface area contributed by atoms with Crippen LogP contribution >= 0.6 is 0 Å². The molecule has 0 bridgehead atoms. The molecule has 1 unspecified atom stereocenters. The second kappa shape index (κ2) is 2.10. The van der Waals surface area contributed by atoms with Crippen LogP contribution in [-0.4, -0.2) is 17.7 Å². The van der Waals surface area contributed by atoms with E-state index in [1.165, 1.54) is 0 Å². The second-order valence-corrected chi connectivity index (χ2v) is 1.91. The molecule has 0 saturated carbocycles. The molecular formula is C5H7FN2. The van der Waals surface area contributed by atoms with Crippen molar-refractivity contribution < 1.29 is 4.48 Å². The highest BCUT2D eigenvalue weighted by molar-refractivity contribution is 4.92. The quantitative estimate of drug-likeness (QED) is 0.437. The molecule has 0 aliphatic carbocycles. The highest BCUT2D eigenvalue weighted by Crippen LogP contribution is 2.15. The van der Waals surface area contributed by atoms with Crippen LogP contribution in [0.2, 0.25) is 0 Å². The van der Waals surface area contributed by atoms with E-state index in [-0.39, 0.29) is 0 Å². The van der Waals surface area contributed by atoms with Crippen LogP contribution in [0.5, 0.6) is 0 Å². The Bertz CT molecular complexity index is 118. The van der Waals surface area contributed by atoms with E-state index in [0.717, 1.165) is 6.42 Å². The summed E-state index contributed by atoms with van der Waals surface area (Å²) in [6.07, 6.45) is 1.50. The van der Waals surface area contributed by atoms with Gasteiger partial charge in [-0.25, -0.2) is 0 Å². The Morgan fingerprint density at radius 3 is 2.75 bits per heavy atom. The number of hydrogen-bond donors (Lipinski definition) is 0. The van der Waals surface area contributed by atoms with E-state index < -0.39 is 6.04 Å². The fraction of sp³-hybridized carbons (Fsp3) is 0.800. The largest absolute Gasteiger partial charge is 0.196 e. The van der Waals surface area contributed by atoms with Crippen molar-refractivity contribution in [3.63, 3.8) is 0 Å². The van der Waals surface area contributed by atoms with Crippen LogP contribution in [0.4, 0.5) is 4.48 Å². The van der Waals surface area contributed by atoms with Gasteiger partial charge in [0, 0.05) is 6.54 Å². The van der Waals surface area contributed by atoms with Crippen molar-refractivity contribution in [2.24, 2.45) is 0 Å². The number of nitrogens with zero attached hydrogens (tertiary/aromatic N) is 2. The Morgan fingerprint density at radius 1 is 1.75 bits per heavy atom. The first kappa shape index (κ1) is 5.52. The van der Waals surface area contributed by atoms with Crippen LogP contribution in [0.25, 0.3) is 0 Å². The van der Waals surface area contributed by atoms with Crippen molar-refractivity contribution >= 4 is 0 Å². The molecule has 0 spiro atoms. The summed E-state index contributed by atoms with van der Waals surface area (Å²) in [4.78, 5) is 0. The molecule has 3 heteroatoms. The predicted octanol–water partition coefficient (Wildman–Crippen LogP) is 0.859. The summed E-state index contributed by atoms with van der Waals surface area (Å²) in [5.41, 5.74) is 0. The Hall–Kier alpha value is -0.620. The minimum Gasteiger partial charge on any atom is -0.196 e. The molecule has 1 atom stereocenters. The summed E-state index contributed by atoms with van der Waals surface area (Å²) in [5.74, 6) is 0. The molecular weight excluding hydrogens is 107 g/mol. The van der Waals surface area contributed by atoms with Gasteiger partial charge in [0.25, 0.3) is 0 Å². The van der Waals surface area contributed by atoms with Crippen LogP contribution in [0.1, 0.15) is 12.8 Å². The zero-order valence-electron chi connectivity index (χ0n) is 4.47. The third-order valence-corrected chi connectivity index (χ3v) is 1.34. The normalized spacial score (nSPS) is 30.2. The van der Waals surface area contributed by atoms with Crippen LogP contribution in [0, 0.1) is 11.3 Å². The molecule has 1 saturated heterocycles. The Morgan fingerprint density at radius 2 is 2.50 bits per heavy atom. The second-order valence-electron chi connectivity index (χ2n) is 1.91. The van der Waals surface area contributed by atoms with Crippen molar-refractivity contribution in [2.45, 2.75) is 18.9 Å². The molecule has 0 aromatic rings. The van der Waals surface area contributed by atoms with E-state index in [1.807, 2.05) is 6.07 Å². The number of halogens is 1. The predicted molar refractivity (Wildman–Crippen MR) is 26.4 cm³/mol. The summed E-state index contributed by atoms with van der Waals surface area (Å²) < 4.78 is 12.2. The molecule has 1 rings (SSSR count). The highest BCUT2D eigenvalue weighted by atomic mass is 19.2. The molecule has 0 amide bonds. The molecule has 1 aliphatic rings. The summed E-state index contributed by atoms with van der Waals surface area (Å²) in [5, 5.41) is 8.80. The first-order valence-electron chi connectivity index (χ1n) is 2.66. The maximum atomic E-state index is 12.2. The smallest absolute Gasteiger partial charge is 0.127 e. The summed E-state index contributed by atoms with van der Waals surface area (Å²) in [7, 11) is 0. The van der Waals surface area contributed by atoms with Gasteiger partial charge in [-0.3, -0.25) is 0 Å². The van der Waals surface area contributed by atoms with Gasteiger partial charge in [0.1, 0.15) is 6.04 Å². The first-order valence-corrected chi connectivity index (χ1v) is 2.66. The lowest BCUT2D eigenvalue weighted by molar-refractivity contribution is 0.0320. The van der Waals surface area contributed by atoms with E-state index in [2.05, 4.69) is 0 Å². The lowest BCUT2D eigenvalue weighted by Crippen LogP contribution is -2.17. The maximum absolute atomic E-state index is 12.2. The Kier molecular flexibility index (Phi) is 1.45. The maximum Gasteiger partial charge on any atom is 0.127 e. The number of rotatable bonds is 0. The van der Waals surface area contributed by atoms with Crippen molar-refractivity contribution in [3.8, 4) is 6.07 Å². The molecule has 0 N–H and O–H groups in total. The molecule has 1 fully saturated rings. The van der Waals surface area contributed by atoms with Crippen LogP contribution < -0.4 is 0 Å². The van der Waals surface area contributed by atoms with E-state index in [1.54, 1.807) is 0 Å². The van der Waals surface area contributed by atoms with E-state index in [0.29, 0.717) is 18.1 Å². The first-order chi connectivity index (χ1) is 3.84. The van der Waals surface area contributed by atoms with Crippen LogP contribution in [-0.2, 0) is 0 Å². The zero-order valence-corrected chi connectivity index (χ0v) is 4.47. The van der Waals surface area contributed by atoms with Gasteiger partial charge in [0.05, 0.1) is 6.07 Å². The topological polar surface area (TPSA) is 27.0 Å². The Labute approximate surface area is 47.4 Å². The molecule has 2 nitrogen and oxygen atoms in total. The average molecular weight is 114 g/mol.